The maximum atomic E-state index is 12.3. The second-order valence-corrected chi connectivity index (χ2v) is 5.09. The van der Waals surface area contributed by atoms with Crippen molar-refractivity contribution in [2.75, 3.05) is 0 Å². The Balaban J connectivity index is 2.07. The van der Waals surface area contributed by atoms with E-state index in [4.69, 9.17) is 0 Å². The van der Waals surface area contributed by atoms with Gasteiger partial charge in [0.15, 0.2) is 0 Å². The molecule has 6 nitrogen and oxygen atoms in total. The number of amides is 1. The molecule has 2 aromatic heterocycles. The summed E-state index contributed by atoms with van der Waals surface area (Å²) >= 11 is 0. The first kappa shape index (κ1) is 14.2. The molecule has 0 aliphatic heterocycles. The lowest BCUT2D eigenvalue weighted by Crippen LogP contribution is -2.30. The van der Waals surface area contributed by atoms with Gasteiger partial charge in [0.05, 0.1) is 6.04 Å². The number of carbonyl (C=O) groups is 1. The Morgan fingerprint density at radius 2 is 1.95 bits per heavy atom. The van der Waals surface area contributed by atoms with Crippen LogP contribution in [0.3, 0.4) is 0 Å². The van der Waals surface area contributed by atoms with Crippen molar-refractivity contribution in [2.45, 2.75) is 33.4 Å². The van der Waals surface area contributed by atoms with Crippen molar-refractivity contribution in [2.24, 2.45) is 5.92 Å². The molecule has 0 aliphatic carbocycles. The molecule has 0 spiro atoms. The number of nitrogens with one attached hydrogen (secondary N) is 1. The zero-order chi connectivity index (χ0) is 14.5. The van der Waals surface area contributed by atoms with Crippen molar-refractivity contribution in [1.29, 1.82) is 0 Å². The van der Waals surface area contributed by atoms with Crippen molar-refractivity contribution in [3.8, 4) is 0 Å². The van der Waals surface area contributed by atoms with E-state index in [0.717, 1.165) is 0 Å². The molecular formula is C14H19N5O. The smallest absolute Gasteiger partial charge is 0.270 e. The second-order valence-electron chi connectivity index (χ2n) is 5.09. The zero-order valence-corrected chi connectivity index (χ0v) is 11.9. The van der Waals surface area contributed by atoms with Gasteiger partial charge < -0.3 is 5.32 Å². The molecule has 2 rings (SSSR count). The Kier molecular flexibility index (Phi) is 4.45. The van der Waals surface area contributed by atoms with Crippen LogP contribution in [-0.4, -0.2) is 25.7 Å². The molecule has 1 amide bonds. The molecule has 0 radical (unpaired) electrons. The zero-order valence-electron chi connectivity index (χ0n) is 11.9. The fourth-order valence-electron chi connectivity index (χ4n) is 1.89. The number of rotatable bonds is 5. The molecule has 0 aromatic carbocycles. The van der Waals surface area contributed by atoms with Gasteiger partial charge in [-0.25, -0.2) is 9.97 Å². The standard InChI is InChI=1S/C14H19N5O/c1-10(2)9-19-12(5-8-17-19)14(20)18-11(3)13-15-6-4-7-16-13/h4-8,10-11H,9H2,1-3H3,(H,18,20). The summed E-state index contributed by atoms with van der Waals surface area (Å²) < 4.78 is 1.72. The van der Waals surface area contributed by atoms with Crippen LogP contribution in [0, 0.1) is 5.92 Å². The summed E-state index contributed by atoms with van der Waals surface area (Å²) in [5, 5.41) is 7.07. The monoisotopic (exact) mass is 273 g/mol. The quantitative estimate of drug-likeness (QED) is 0.902. The van der Waals surface area contributed by atoms with E-state index >= 15 is 0 Å². The third-order valence-electron chi connectivity index (χ3n) is 2.81. The summed E-state index contributed by atoms with van der Waals surface area (Å²) in [6, 6.07) is 3.22. The minimum absolute atomic E-state index is 0.164. The topological polar surface area (TPSA) is 72.7 Å². The van der Waals surface area contributed by atoms with E-state index in [-0.39, 0.29) is 11.9 Å². The van der Waals surface area contributed by atoms with Gasteiger partial charge in [0, 0.05) is 25.1 Å². The van der Waals surface area contributed by atoms with Gasteiger partial charge in [-0.1, -0.05) is 13.8 Å². The van der Waals surface area contributed by atoms with Crippen LogP contribution in [0.4, 0.5) is 0 Å². The third kappa shape index (κ3) is 3.40. The molecule has 1 atom stereocenters. The average Bonchev–Trinajstić information content (AvgIpc) is 2.87. The van der Waals surface area contributed by atoms with Crippen LogP contribution in [0.2, 0.25) is 0 Å². The Labute approximate surface area is 118 Å². The molecule has 0 fully saturated rings. The first-order valence-electron chi connectivity index (χ1n) is 6.67. The largest absolute Gasteiger partial charge is 0.341 e. The van der Waals surface area contributed by atoms with Gasteiger partial charge in [-0.15, -0.1) is 0 Å². The van der Waals surface area contributed by atoms with Crippen LogP contribution in [0.15, 0.2) is 30.7 Å². The molecular weight excluding hydrogens is 254 g/mol. The molecule has 0 aliphatic rings. The van der Waals surface area contributed by atoms with Gasteiger partial charge in [-0.3, -0.25) is 9.48 Å². The van der Waals surface area contributed by atoms with E-state index in [9.17, 15) is 4.79 Å². The average molecular weight is 273 g/mol. The van der Waals surface area contributed by atoms with E-state index in [0.29, 0.717) is 24.0 Å². The van der Waals surface area contributed by atoms with Crippen LogP contribution < -0.4 is 5.32 Å². The van der Waals surface area contributed by atoms with E-state index in [1.165, 1.54) is 0 Å². The molecule has 2 aromatic rings. The number of nitrogens with zero attached hydrogens (tertiary/aromatic N) is 4. The summed E-state index contributed by atoms with van der Waals surface area (Å²) in [5.41, 5.74) is 0.557. The highest BCUT2D eigenvalue weighted by Crippen LogP contribution is 2.08. The van der Waals surface area contributed by atoms with Crippen molar-refractivity contribution < 1.29 is 4.79 Å². The normalized spacial score (nSPS) is 12.4. The lowest BCUT2D eigenvalue weighted by molar-refractivity contribution is 0.0926. The van der Waals surface area contributed by atoms with Gasteiger partial charge in [0.2, 0.25) is 0 Å². The van der Waals surface area contributed by atoms with Gasteiger partial charge in [0.25, 0.3) is 5.91 Å². The van der Waals surface area contributed by atoms with E-state index < -0.39 is 0 Å². The number of hydrogen-bond acceptors (Lipinski definition) is 4. The van der Waals surface area contributed by atoms with E-state index in [1.54, 1.807) is 35.4 Å². The Morgan fingerprint density at radius 3 is 2.60 bits per heavy atom. The number of hydrogen-bond donors (Lipinski definition) is 1. The molecule has 0 bridgehead atoms. The Bertz CT molecular complexity index is 564. The Hall–Kier alpha value is -2.24. The predicted molar refractivity (Wildman–Crippen MR) is 75.0 cm³/mol. The molecule has 1 N–H and O–H groups in total. The summed E-state index contributed by atoms with van der Waals surface area (Å²) in [4.78, 5) is 20.5. The Morgan fingerprint density at radius 1 is 1.25 bits per heavy atom. The number of carbonyl (C=O) groups excluding carboxylic acids is 1. The fourth-order valence-corrected chi connectivity index (χ4v) is 1.89. The summed E-state index contributed by atoms with van der Waals surface area (Å²) in [7, 11) is 0. The molecule has 6 heteroatoms. The third-order valence-corrected chi connectivity index (χ3v) is 2.81. The van der Waals surface area contributed by atoms with E-state index in [2.05, 4.69) is 34.2 Å². The molecule has 0 saturated heterocycles. The van der Waals surface area contributed by atoms with Crippen molar-refractivity contribution in [1.82, 2.24) is 25.1 Å². The van der Waals surface area contributed by atoms with Gasteiger partial charge in [-0.2, -0.15) is 5.10 Å². The molecule has 1 unspecified atom stereocenters. The minimum atomic E-state index is -0.244. The summed E-state index contributed by atoms with van der Waals surface area (Å²) in [5.74, 6) is 0.857. The lowest BCUT2D eigenvalue weighted by Gasteiger charge is -2.14. The fraction of sp³-hybridized carbons (Fsp3) is 0.429. The van der Waals surface area contributed by atoms with Gasteiger partial charge in [-0.05, 0) is 25.0 Å². The highest BCUT2D eigenvalue weighted by molar-refractivity contribution is 5.92. The van der Waals surface area contributed by atoms with Crippen LogP contribution in [0.5, 0.6) is 0 Å². The van der Waals surface area contributed by atoms with Crippen LogP contribution >= 0.6 is 0 Å². The maximum Gasteiger partial charge on any atom is 0.270 e. The van der Waals surface area contributed by atoms with Gasteiger partial charge >= 0.3 is 0 Å². The molecule has 20 heavy (non-hydrogen) atoms. The SMILES string of the molecule is CC(C)Cn1nccc1C(=O)NC(C)c1ncccn1. The first-order chi connectivity index (χ1) is 9.58. The van der Waals surface area contributed by atoms with Crippen molar-refractivity contribution in [3.05, 3.63) is 42.2 Å². The number of aromatic nitrogens is 4. The summed E-state index contributed by atoms with van der Waals surface area (Å²) in [6.45, 7) is 6.75. The maximum absolute atomic E-state index is 12.3. The van der Waals surface area contributed by atoms with Crippen LogP contribution in [-0.2, 0) is 6.54 Å². The lowest BCUT2D eigenvalue weighted by atomic mass is 10.2. The molecule has 2 heterocycles. The predicted octanol–water partition coefficient (Wildman–Crippen LogP) is 1.82. The van der Waals surface area contributed by atoms with Crippen molar-refractivity contribution >= 4 is 5.91 Å². The van der Waals surface area contributed by atoms with Crippen LogP contribution in [0.25, 0.3) is 0 Å². The van der Waals surface area contributed by atoms with Gasteiger partial charge in [0.1, 0.15) is 11.5 Å². The first-order valence-corrected chi connectivity index (χ1v) is 6.67. The van der Waals surface area contributed by atoms with E-state index in [1.807, 2.05) is 6.92 Å². The molecule has 106 valence electrons. The minimum Gasteiger partial charge on any atom is -0.341 e. The highest BCUT2D eigenvalue weighted by atomic mass is 16.2. The highest BCUT2D eigenvalue weighted by Gasteiger charge is 2.17. The van der Waals surface area contributed by atoms with Crippen LogP contribution in [0.1, 0.15) is 43.1 Å². The summed E-state index contributed by atoms with van der Waals surface area (Å²) in [6.07, 6.45) is 4.96. The second kappa shape index (κ2) is 6.27. The molecule has 0 saturated carbocycles. The van der Waals surface area contributed by atoms with Crippen molar-refractivity contribution in [3.63, 3.8) is 0 Å².